The van der Waals surface area contributed by atoms with E-state index in [0.717, 1.165) is 18.1 Å². The van der Waals surface area contributed by atoms with Gasteiger partial charge in [-0.15, -0.1) is 0 Å². The lowest BCUT2D eigenvalue weighted by molar-refractivity contribution is -0.143. The molecule has 0 atom stereocenters. The van der Waals surface area contributed by atoms with Gasteiger partial charge >= 0.3 is 5.97 Å². The van der Waals surface area contributed by atoms with Crippen molar-refractivity contribution in [3.05, 3.63) is 12.4 Å². The summed E-state index contributed by atoms with van der Waals surface area (Å²) >= 11 is 0. The number of rotatable bonds is 7. The fourth-order valence-corrected chi connectivity index (χ4v) is 1.27. The molecule has 0 unspecified atom stereocenters. The van der Waals surface area contributed by atoms with E-state index >= 15 is 0 Å². The normalized spacial score (nSPS) is 9.76. The van der Waals surface area contributed by atoms with E-state index in [1.807, 2.05) is 6.07 Å². The molecule has 1 rings (SSSR count). The van der Waals surface area contributed by atoms with Crippen molar-refractivity contribution in [1.82, 2.24) is 9.97 Å². The third-order valence-electron chi connectivity index (χ3n) is 2.09. The topological polar surface area (TPSA) is 76.1 Å². The first-order chi connectivity index (χ1) is 8.26. The molecule has 0 bridgehead atoms. The summed E-state index contributed by atoms with van der Waals surface area (Å²) in [6, 6.07) is 1.81. The van der Waals surface area contributed by atoms with Crippen LogP contribution in [-0.4, -0.2) is 36.1 Å². The van der Waals surface area contributed by atoms with Crippen LogP contribution >= 0.6 is 0 Å². The molecule has 1 heterocycles. The molecule has 6 heteroatoms. The standard InChI is InChI=1S/C11H18N4O2/c1-3-17-11(16)5-4-6-13-10-7-9(12-2)14-8-15-10/h7-8H,3-6H2,1-2H3,(H2,12,13,14,15). The van der Waals surface area contributed by atoms with Gasteiger partial charge in [0.25, 0.3) is 0 Å². The molecule has 0 amide bonds. The molecule has 0 aliphatic carbocycles. The first kappa shape index (κ1) is 13.2. The highest BCUT2D eigenvalue weighted by atomic mass is 16.5. The van der Waals surface area contributed by atoms with Crippen molar-refractivity contribution in [1.29, 1.82) is 0 Å². The number of ether oxygens (including phenoxy) is 1. The van der Waals surface area contributed by atoms with E-state index in [2.05, 4.69) is 20.6 Å². The van der Waals surface area contributed by atoms with Crippen molar-refractivity contribution in [2.75, 3.05) is 30.8 Å². The van der Waals surface area contributed by atoms with Crippen LogP contribution in [-0.2, 0) is 9.53 Å². The van der Waals surface area contributed by atoms with Gasteiger partial charge in [-0.3, -0.25) is 4.79 Å². The predicted molar refractivity (Wildman–Crippen MR) is 65.9 cm³/mol. The minimum Gasteiger partial charge on any atom is -0.466 e. The second-order valence-corrected chi connectivity index (χ2v) is 3.37. The molecule has 0 saturated heterocycles. The highest BCUT2D eigenvalue weighted by Crippen LogP contribution is 2.07. The number of nitrogens with one attached hydrogen (secondary N) is 2. The number of carbonyl (C=O) groups is 1. The summed E-state index contributed by atoms with van der Waals surface area (Å²) in [7, 11) is 1.80. The van der Waals surface area contributed by atoms with Gasteiger partial charge < -0.3 is 15.4 Å². The van der Waals surface area contributed by atoms with Crippen molar-refractivity contribution in [2.24, 2.45) is 0 Å². The molecule has 0 spiro atoms. The molecule has 1 aromatic heterocycles. The number of nitrogens with zero attached hydrogens (tertiary/aromatic N) is 2. The molecule has 1 aromatic rings. The number of carbonyl (C=O) groups excluding carboxylic acids is 1. The Balaban J connectivity index is 2.24. The maximum absolute atomic E-state index is 11.1. The van der Waals surface area contributed by atoms with Crippen LogP contribution < -0.4 is 10.6 Å². The summed E-state index contributed by atoms with van der Waals surface area (Å²) in [4.78, 5) is 19.1. The minimum atomic E-state index is -0.159. The van der Waals surface area contributed by atoms with Crippen molar-refractivity contribution >= 4 is 17.6 Å². The second kappa shape index (κ2) is 7.43. The highest BCUT2D eigenvalue weighted by molar-refractivity contribution is 5.69. The smallest absolute Gasteiger partial charge is 0.305 e. The molecule has 94 valence electrons. The van der Waals surface area contributed by atoms with Gasteiger partial charge in [0.05, 0.1) is 6.61 Å². The zero-order chi connectivity index (χ0) is 12.5. The van der Waals surface area contributed by atoms with E-state index in [1.165, 1.54) is 6.33 Å². The minimum absolute atomic E-state index is 0.159. The highest BCUT2D eigenvalue weighted by Gasteiger charge is 2.01. The van der Waals surface area contributed by atoms with Crippen LogP contribution in [0.25, 0.3) is 0 Å². The molecule has 0 aliphatic rings. The quantitative estimate of drug-likeness (QED) is 0.550. The van der Waals surface area contributed by atoms with Crippen LogP contribution in [0.3, 0.4) is 0 Å². The predicted octanol–water partition coefficient (Wildman–Crippen LogP) is 1.27. The third kappa shape index (κ3) is 5.14. The van der Waals surface area contributed by atoms with Crippen molar-refractivity contribution in [3.8, 4) is 0 Å². The molecule has 0 radical (unpaired) electrons. The molecule has 2 N–H and O–H groups in total. The summed E-state index contributed by atoms with van der Waals surface area (Å²) in [6.07, 6.45) is 2.63. The van der Waals surface area contributed by atoms with Gasteiger partial charge in [-0.2, -0.15) is 0 Å². The first-order valence-electron chi connectivity index (χ1n) is 5.65. The van der Waals surface area contributed by atoms with Gasteiger partial charge in [-0.25, -0.2) is 9.97 Å². The maximum Gasteiger partial charge on any atom is 0.305 e. The lowest BCUT2D eigenvalue weighted by atomic mass is 10.3. The largest absolute Gasteiger partial charge is 0.466 e. The molecule has 6 nitrogen and oxygen atoms in total. The van der Waals surface area contributed by atoms with E-state index in [0.29, 0.717) is 19.6 Å². The number of aromatic nitrogens is 2. The molecular formula is C11H18N4O2. The summed E-state index contributed by atoms with van der Waals surface area (Å²) < 4.78 is 4.83. The summed E-state index contributed by atoms with van der Waals surface area (Å²) in [5.74, 6) is 1.34. The number of esters is 1. The fourth-order valence-electron chi connectivity index (χ4n) is 1.27. The van der Waals surface area contributed by atoms with Crippen molar-refractivity contribution in [2.45, 2.75) is 19.8 Å². The Morgan fingerprint density at radius 2 is 2.18 bits per heavy atom. The Labute approximate surface area is 101 Å². The maximum atomic E-state index is 11.1. The Bertz CT molecular complexity index is 357. The van der Waals surface area contributed by atoms with E-state index in [9.17, 15) is 4.79 Å². The van der Waals surface area contributed by atoms with E-state index in [1.54, 1.807) is 14.0 Å². The van der Waals surface area contributed by atoms with Gasteiger partial charge in [0, 0.05) is 26.1 Å². The average Bonchev–Trinajstić information content (AvgIpc) is 2.35. The second-order valence-electron chi connectivity index (χ2n) is 3.37. The summed E-state index contributed by atoms with van der Waals surface area (Å²) in [5.41, 5.74) is 0. The number of anilines is 2. The molecule has 0 aliphatic heterocycles. The number of hydrogen-bond donors (Lipinski definition) is 2. The van der Waals surface area contributed by atoms with Gasteiger partial charge in [-0.1, -0.05) is 0 Å². The average molecular weight is 238 g/mol. The van der Waals surface area contributed by atoms with Crippen LogP contribution in [0, 0.1) is 0 Å². The SMILES string of the molecule is CCOC(=O)CCCNc1cc(NC)ncn1. The van der Waals surface area contributed by atoms with Gasteiger partial charge in [0.2, 0.25) is 0 Å². The first-order valence-corrected chi connectivity index (χ1v) is 5.65. The van der Waals surface area contributed by atoms with E-state index in [4.69, 9.17) is 4.74 Å². The monoisotopic (exact) mass is 238 g/mol. The fraction of sp³-hybridized carbons (Fsp3) is 0.545. The van der Waals surface area contributed by atoms with Gasteiger partial charge in [-0.05, 0) is 13.3 Å². The summed E-state index contributed by atoms with van der Waals surface area (Å²) in [6.45, 7) is 2.92. The number of hydrogen-bond acceptors (Lipinski definition) is 6. The van der Waals surface area contributed by atoms with Crippen molar-refractivity contribution < 1.29 is 9.53 Å². The molecular weight excluding hydrogens is 220 g/mol. The lowest BCUT2D eigenvalue weighted by Gasteiger charge is -2.06. The van der Waals surface area contributed by atoms with Crippen LogP contribution in [0.4, 0.5) is 11.6 Å². The molecule has 0 fully saturated rings. The Hall–Kier alpha value is -1.85. The van der Waals surface area contributed by atoms with Gasteiger partial charge in [0.1, 0.15) is 18.0 Å². The molecule has 0 aromatic carbocycles. The zero-order valence-electron chi connectivity index (χ0n) is 10.2. The zero-order valence-corrected chi connectivity index (χ0v) is 10.2. The van der Waals surface area contributed by atoms with Crippen LogP contribution in [0.2, 0.25) is 0 Å². The Kier molecular flexibility index (Phi) is 5.77. The lowest BCUT2D eigenvalue weighted by Crippen LogP contribution is -2.09. The van der Waals surface area contributed by atoms with Crippen LogP contribution in [0.1, 0.15) is 19.8 Å². The van der Waals surface area contributed by atoms with Crippen LogP contribution in [0.5, 0.6) is 0 Å². The summed E-state index contributed by atoms with van der Waals surface area (Å²) in [5, 5.41) is 6.05. The third-order valence-corrected chi connectivity index (χ3v) is 2.09. The van der Waals surface area contributed by atoms with Crippen LogP contribution in [0.15, 0.2) is 12.4 Å². The molecule has 17 heavy (non-hydrogen) atoms. The Morgan fingerprint density at radius 1 is 1.41 bits per heavy atom. The molecule has 0 saturated carbocycles. The van der Waals surface area contributed by atoms with Gasteiger partial charge in [0.15, 0.2) is 0 Å². The van der Waals surface area contributed by atoms with E-state index in [-0.39, 0.29) is 5.97 Å². The van der Waals surface area contributed by atoms with Crippen molar-refractivity contribution in [3.63, 3.8) is 0 Å². The van der Waals surface area contributed by atoms with E-state index < -0.39 is 0 Å². The Morgan fingerprint density at radius 3 is 2.88 bits per heavy atom.